The Kier molecular flexibility index (Phi) is 5.75. The highest BCUT2D eigenvalue weighted by atomic mass is 16.6. The summed E-state index contributed by atoms with van der Waals surface area (Å²) < 4.78 is 11.2. The van der Waals surface area contributed by atoms with E-state index in [1.165, 1.54) is 0 Å². The van der Waals surface area contributed by atoms with Crippen LogP contribution in [0.1, 0.15) is 39.7 Å². The molecule has 1 heterocycles. The second-order valence-electron chi connectivity index (χ2n) is 7.41. The summed E-state index contributed by atoms with van der Waals surface area (Å²) >= 11 is 0. The van der Waals surface area contributed by atoms with Gasteiger partial charge in [-0.15, -0.1) is 0 Å². The molecule has 1 amide bonds. The minimum Gasteiger partial charge on any atom is -0.486 e. The van der Waals surface area contributed by atoms with E-state index >= 15 is 0 Å². The van der Waals surface area contributed by atoms with Crippen LogP contribution >= 0.6 is 0 Å². The summed E-state index contributed by atoms with van der Waals surface area (Å²) in [5.74, 6) is 1.95. The molecule has 0 fully saturated rings. The molecule has 5 nitrogen and oxygen atoms in total. The van der Waals surface area contributed by atoms with Crippen molar-refractivity contribution in [2.75, 3.05) is 26.8 Å². The Hall–Kier alpha value is -1.75. The fraction of sp³-hybridized carbons (Fsp3) is 0.632. The van der Waals surface area contributed by atoms with Crippen LogP contribution in [0.3, 0.4) is 0 Å². The molecular weight excluding hydrogens is 304 g/mol. The summed E-state index contributed by atoms with van der Waals surface area (Å²) in [7, 11) is 1.84. The average molecular weight is 334 g/mol. The topological polar surface area (TPSA) is 64.8 Å². The fourth-order valence-corrected chi connectivity index (χ4v) is 2.81. The van der Waals surface area contributed by atoms with Crippen LogP contribution in [0.25, 0.3) is 0 Å². The number of amides is 1. The van der Waals surface area contributed by atoms with Gasteiger partial charge < -0.3 is 20.1 Å². The molecule has 2 rings (SSSR count). The van der Waals surface area contributed by atoms with Gasteiger partial charge >= 0.3 is 0 Å². The van der Waals surface area contributed by atoms with Crippen molar-refractivity contribution < 1.29 is 14.3 Å². The van der Waals surface area contributed by atoms with E-state index < -0.39 is 5.41 Å². The molecule has 0 aliphatic carbocycles. The fourth-order valence-electron chi connectivity index (χ4n) is 2.81. The van der Waals surface area contributed by atoms with Gasteiger partial charge in [-0.2, -0.15) is 0 Å². The molecule has 0 radical (unpaired) electrons. The molecule has 1 unspecified atom stereocenters. The largest absolute Gasteiger partial charge is 0.486 e. The van der Waals surface area contributed by atoms with Crippen molar-refractivity contribution in [3.05, 3.63) is 23.8 Å². The molecule has 1 aliphatic heterocycles. The molecule has 0 aromatic heterocycles. The van der Waals surface area contributed by atoms with Crippen molar-refractivity contribution in [3.8, 4) is 11.5 Å². The van der Waals surface area contributed by atoms with Gasteiger partial charge in [-0.3, -0.25) is 4.79 Å². The number of ether oxygens (including phenoxy) is 2. The minimum atomic E-state index is -0.632. The number of benzene rings is 1. The molecule has 134 valence electrons. The van der Waals surface area contributed by atoms with Crippen LogP contribution in [0, 0.1) is 5.92 Å². The summed E-state index contributed by atoms with van der Waals surface area (Å²) in [4.78, 5) is 14.7. The SMILES string of the molecule is CC(C)C(N)CCN(C)C(=O)C(C)(C)c1ccc2c(c1)OCCO2. The van der Waals surface area contributed by atoms with Gasteiger partial charge in [0.1, 0.15) is 13.2 Å². The number of nitrogens with zero attached hydrogens (tertiary/aromatic N) is 1. The number of rotatable bonds is 6. The highest BCUT2D eigenvalue weighted by Crippen LogP contribution is 2.35. The van der Waals surface area contributed by atoms with Crippen LogP contribution < -0.4 is 15.2 Å². The Morgan fingerprint density at radius 1 is 1.25 bits per heavy atom. The smallest absolute Gasteiger partial charge is 0.232 e. The third-order valence-corrected chi connectivity index (χ3v) is 4.80. The maximum Gasteiger partial charge on any atom is 0.232 e. The first-order valence-corrected chi connectivity index (χ1v) is 8.64. The molecule has 2 N–H and O–H groups in total. The quantitative estimate of drug-likeness (QED) is 0.868. The molecule has 1 aliphatic rings. The van der Waals surface area contributed by atoms with Gasteiger partial charge in [-0.05, 0) is 43.9 Å². The zero-order valence-electron chi connectivity index (χ0n) is 15.5. The maximum atomic E-state index is 12.9. The van der Waals surface area contributed by atoms with Crippen LogP contribution in [-0.2, 0) is 10.2 Å². The third-order valence-electron chi connectivity index (χ3n) is 4.80. The van der Waals surface area contributed by atoms with E-state index in [1.54, 1.807) is 4.90 Å². The Balaban J connectivity index is 2.09. The van der Waals surface area contributed by atoms with Crippen LogP contribution in [0.4, 0.5) is 0 Å². The van der Waals surface area contributed by atoms with Crippen LogP contribution in [-0.4, -0.2) is 43.7 Å². The number of hydrogen-bond donors (Lipinski definition) is 1. The Bertz CT molecular complexity index is 584. The third kappa shape index (κ3) is 4.01. The molecule has 1 aromatic rings. The van der Waals surface area contributed by atoms with E-state index in [2.05, 4.69) is 13.8 Å². The van der Waals surface area contributed by atoms with E-state index in [4.69, 9.17) is 15.2 Å². The second kappa shape index (κ2) is 7.43. The summed E-state index contributed by atoms with van der Waals surface area (Å²) in [5, 5.41) is 0. The first-order chi connectivity index (χ1) is 11.2. The number of nitrogens with two attached hydrogens (primary N) is 1. The van der Waals surface area contributed by atoms with Crippen LogP contribution in [0.5, 0.6) is 11.5 Å². The number of carbonyl (C=O) groups excluding carboxylic acids is 1. The van der Waals surface area contributed by atoms with Gasteiger partial charge in [0, 0.05) is 19.6 Å². The van der Waals surface area contributed by atoms with E-state index in [0.717, 1.165) is 17.7 Å². The summed E-state index contributed by atoms with van der Waals surface area (Å²) in [5.41, 5.74) is 6.39. The lowest BCUT2D eigenvalue weighted by atomic mass is 9.83. The summed E-state index contributed by atoms with van der Waals surface area (Å²) in [6.45, 7) is 9.86. The van der Waals surface area contributed by atoms with Crippen LogP contribution in [0.2, 0.25) is 0 Å². The molecule has 0 spiro atoms. The Morgan fingerprint density at radius 3 is 2.50 bits per heavy atom. The van der Waals surface area contributed by atoms with Crippen molar-refractivity contribution in [2.45, 2.75) is 45.6 Å². The minimum absolute atomic E-state index is 0.0788. The lowest BCUT2D eigenvalue weighted by Crippen LogP contribution is -2.43. The molecule has 1 atom stereocenters. The van der Waals surface area contributed by atoms with Gasteiger partial charge in [-0.25, -0.2) is 0 Å². The lowest BCUT2D eigenvalue weighted by Gasteiger charge is -2.31. The number of carbonyl (C=O) groups is 1. The number of likely N-dealkylation sites (N-methyl/N-ethyl adjacent to an activating group) is 1. The van der Waals surface area contributed by atoms with Crippen molar-refractivity contribution in [1.82, 2.24) is 4.90 Å². The standard InChI is InChI=1S/C19H30N2O3/c1-13(2)15(20)8-9-21(5)18(22)19(3,4)14-6-7-16-17(12-14)24-11-10-23-16/h6-7,12-13,15H,8-11,20H2,1-5H3. The first kappa shape index (κ1) is 18.6. The predicted molar refractivity (Wildman–Crippen MR) is 95.5 cm³/mol. The summed E-state index contributed by atoms with van der Waals surface area (Å²) in [6, 6.07) is 5.85. The van der Waals surface area contributed by atoms with Crippen molar-refractivity contribution in [1.29, 1.82) is 0 Å². The Morgan fingerprint density at radius 2 is 1.88 bits per heavy atom. The normalized spacial score (nSPS) is 15.3. The van der Waals surface area contributed by atoms with Crippen molar-refractivity contribution in [2.24, 2.45) is 11.7 Å². The lowest BCUT2D eigenvalue weighted by molar-refractivity contribution is -0.135. The predicted octanol–water partition coefficient (Wildman–Crippen LogP) is 2.57. The second-order valence-corrected chi connectivity index (χ2v) is 7.41. The monoisotopic (exact) mass is 334 g/mol. The molecule has 0 saturated carbocycles. The number of fused-ring (bicyclic) bond motifs is 1. The van der Waals surface area contributed by atoms with Crippen molar-refractivity contribution in [3.63, 3.8) is 0 Å². The van der Waals surface area contributed by atoms with E-state index in [9.17, 15) is 4.79 Å². The van der Waals surface area contributed by atoms with E-state index in [1.807, 2.05) is 39.1 Å². The molecule has 1 aromatic carbocycles. The van der Waals surface area contributed by atoms with Crippen molar-refractivity contribution >= 4 is 5.91 Å². The van der Waals surface area contributed by atoms with Gasteiger partial charge in [0.05, 0.1) is 5.41 Å². The van der Waals surface area contributed by atoms with Gasteiger partial charge in [-0.1, -0.05) is 19.9 Å². The zero-order chi connectivity index (χ0) is 17.9. The molecule has 24 heavy (non-hydrogen) atoms. The Labute approximate surface area is 145 Å². The van der Waals surface area contributed by atoms with Gasteiger partial charge in [0.2, 0.25) is 5.91 Å². The molecule has 5 heteroatoms. The average Bonchev–Trinajstić information content (AvgIpc) is 2.57. The molecular formula is C19H30N2O3. The van der Waals surface area contributed by atoms with Gasteiger partial charge in [0.25, 0.3) is 0 Å². The molecule has 0 saturated heterocycles. The van der Waals surface area contributed by atoms with Gasteiger partial charge in [0.15, 0.2) is 11.5 Å². The van der Waals surface area contributed by atoms with E-state index in [0.29, 0.717) is 31.4 Å². The number of hydrogen-bond acceptors (Lipinski definition) is 4. The highest BCUT2D eigenvalue weighted by Gasteiger charge is 2.33. The zero-order valence-corrected chi connectivity index (χ0v) is 15.5. The first-order valence-electron chi connectivity index (χ1n) is 8.64. The highest BCUT2D eigenvalue weighted by molar-refractivity contribution is 5.87. The molecule has 0 bridgehead atoms. The maximum absolute atomic E-state index is 12.9. The summed E-state index contributed by atoms with van der Waals surface area (Å²) in [6.07, 6.45) is 0.803. The van der Waals surface area contributed by atoms with E-state index in [-0.39, 0.29) is 11.9 Å². The van der Waals surface area contributed by atoms with Crippen LogP contribution in [0.15, 0.2) is 18.2 Å².